The number of thiophene rings is 1. The number of rotatable bonds is 6. The Morgan fingerprint density at radius 1 is 1.08 bits per heavy atom. The molecule has 0 bridgehead atoms. The van der Waals surface area contributed by atoms with Crippen LogP contribution in [0.15, 0.2) is 66.0 Å². The van der Waals surface area contributed by atoms with Gasteiger partial charge >= 0.3 is 5.97 Å². The maximum Gasteiger partial charge on any atom is 0.337 e. The van der Waals surface area contributed by atoms with Crippen LogP contribution in [0.4, 0.5) is 0 Å². The van der Waals surface area contributed by atoms with Crippen molar-refractivity contribution in [3.05, 3.63) is 87.6 Å². The molecule has 3 rings (SSSR count). The number of hydrogen-bond acceptors (Lipinski definition) is 3. The first-order valence-corrected chi connectivity index (χ1v) is 8.77. The molecule has 0 saturated carbocycles. The largest absolute Gasteiger partial charge is 0.489 e. The molecule has 0 fully saturated rings. The molecule has 25 heavy (non-hydrogen) atoms. The molecule has 126 valence electrons. The van der Waals surface area contributed by atoms with Gasteiger partial charge in [0.1, 0.15) is 12.4 Å². The highest BCUT2D eigenvalue weighted by molar-refractivity contribution is 7.11. The lowest BCUT2D eigenvalue weighted by molar-refractivity contribution is -0.130. The Kier molecular flexibility index (Phi) is 5.31. The Bertz CT molecular complexity index is 861. The van der Waals surface area contributed by atoms with Crippen molar-refractivity contribution in [2.45, 2.75) is 13.5 Å². The molecule has 0 aliphatic heterocycles. The minimum atomic E-state index is -0.929. The zero-order chi connectivity index (χ0) is 17.6. The number of carboxylic acid groups (broad SMARTS) is 1. The van der Waals surface area contributed by atoms with Crippen LogP contribution in [-0.2, 0) is 11.4 Å². The van der Waals surface area contributed by atoms with Gasteiger partial charge in [-0.25, -0.2) is 4.79 Å². The molecule has 0 aliphatic rings. The SMILES string of the molecule is Cc1ccc(COc2ccc(/C=C(\C(=O)O)c3cccs3)cc2)cc1. The summed E-state index contributed by atoms with van der Waals surface area (Å²) < 4.78 is 5.78. The lowest BCUT2D eigenvalue weighted by Crippen LogP contribution is -1.98. The van der Waals surface area contributed by atoms with Gasteiger partial charge in [-0.2, -0.15) is 0 Å². The second kappa shape index (κ2) is 7.81. The summed E-state index contributed by atoms with van der Waals surface area (Å²) >= 11 is 1.41. The maximum atomic E-state index is 11.5. The lowest BCUT2D eigenvalue weighted by atomic mass is 10.1. The minimum Gasteiger partial charge on any atom is -0.489 e. The highest BCUT2D eigenvalue weighted by Crippen LogP contribution is 2.24. The van der Waals surface area contributed by atoms with E-state index < -0.39 is 5.97 Å². The molecule has 0 spiro atoms. The third-order valence-corrected chi connectivity index (χ3v) is 4.64. The number of aryl methyl sites for hydroxylation is 1. The van der Waals surface area contributed by atoms with E-state index in [2.05, 4.69) is 19.1 Å². The first-order chi connectivity index (χ1) is 12.1. The fraction of sp³-hybridized carbons (Fsp3) is 0.0952. The van der Waals surface area contributed by atoms with Crippen molar-refractivity contribution in [3.8, 4) is 5.75 Å². The molecule has 0 unspecified atom stereocenters. The van der Waals surface area contributed by atoms with E-state index in [-0.39, 0.29) is 0 Å². The van der Waals surface area contributed by atoms with Crippen LogP contribution >= 0.6 is 11.3 Å². The molecule has 0 amide bonds. The quantitative estimate of drug-likeness (QED) is 0.617. The first kappa shape index (κ1) is 17.0. The molecule has 1 aromatic heterocycles. The Morgan fingerprint density at radius 2 is 1.80 bits per heavy atom. The van der Waals surface area contributed by atoms with E-state index in [1.807, 2.05) is 53.9 Å². The molecule has 4 heteroatoms. The van der Waals surface area contributed by atoms with Crippen molar-refractivity contribution in [1.82, 2.24) is 0 Å². The van der Waals surface area contributed by atoms with Crippen LogP contribution in [0.1, 0.15) is 21.6 Å². The Labute approximate surface area is 150 Å². The van der Waals surface area contributed by atoms with Gasteiger partial charge in [-0.1, -0.05) is 48.0 Å². The molecule has 3 nitrogen and oxygen atoms in total. The first-order valence-electron chi connectivity index (χ1n) is 7.89. The molecule has 1 heterocycles. The van der Waals surface area contributed by atoms with E-state index in [1.165, 1.54) is 16.9 Å². The summed E-state index contributed by atoms with van der Waals surface area (Å²) in [6, 6.07) is 19.3. The minimum absolute atomic E-state index is 0.295. The lowest BCUT2D eigenvalue weighted by Gasteiger charge is -2.07. The third kappa shape index (κ3) is 4.58. The third-order valence-electron chi connectivity index (χ3n) is 3.73. The Balaban J connectivity index is 1.70. The molecule has 3 aromatic rings. The van der Waals surface area contributed by atoms with Crippen molar-refractivity contribution in [2.24, 2.45) is 0 Å². The predicted octanol–water partition coefficient (Wildman–Crippen LogP) is 5.26. The predicted molar refractivity (Wildman–Crippen MR) is 102 cm³/mol. The van der Waals surface area contributed by atoms with Gasteiger partial charge in [-0.05, 0) is 47.7 Å². The van der Waals surface area contributed by atoms with E-state index in [9.17, 15) is 9.90 Å². The molecular formula is C21H18O3S. The second-order valence-electron chi connectivity index (χ2n) is 5.68. The van der Waals surface area contributed by atoms with Gasteiger partial charge in [-0.15, -0.1) is 11.3 Å². The van der Waals surface area contributed by atoms with Gasteiger partial charge in [0.2, 0.25) is 0 Å². The van der Waals surface area contributed by atoms with Crippen LogP contribution < -0.4 is 4.74 Å². The molecule has 0 aliphatic carbocycles. The summed E-state index contributed by atoms with van der Waals surface area (Å²) in [5, 5.41) is 11.3. The molecule has 0 atom stereocenters. The highest BCUT2D eigenvalue weighted by atomic mass is 32.1. The number of carbonyl (C=O) groups is 1. The van der Waals surface area contributed by atoms with Gasteiger partial charge in [-0.3, -0.25) is 0 Å². The Morgan fingerprint density at radius 3 is 2.40 bits per heavy atom. The monoisotopic (exact) mass is 350 g/mol. The van der Waals surface area contributed by atoms with Crippen LogP contribution in [0.25, 0.3) is 11.6 Å². The average Bonchev–Trinajstić information content (AvgIpc) is 3.14. The van der Waals surface area contributed by atoms with Gasteiger partial charge in [0, 0.05) is 4.88 Å². The number of hydrogen-bond donors (Lipinski definition) is 1. The summed E-state index contributed by atoms with van der Waals surface area (Å²) in [4.78, 5) is 12.2. The van der Waals surface area contributed by atoms with Crippen molar-refractivity contribution in [1.29, 1.82) is 0 Å². The number of ether oxygens (including phenoxy) is 1. The molecular weight excluding hydrogens is 332 g/mol. The fourth-order valence-electron chi connectivity index (χ4n) is 2.35. The van der Waals surface area contributed by atoms with Gasteiger partial charge in [0.15, 0.2) is 0 Å². The molecule has 0 radical (unpaired) electrons. The van der Waals surface area contributed by atoms with Crippen LogP contribution in [0.3, 0.4) is 0 Å². The van der Waals surface area contributed by atoms with Gasteiger partial charge in [0.25, 0.3) is 0 Å². The summed E-state index contributed by atoms with van der Waals surface area (Å²) in [5.74, 6) is -0.173. The number of aliphatic carboxylic acids is 1. The normalized spacial score (nSPS) is 11.3. The number of carboxylic acids is 1. The standard InChI is InChI=1S/C21H18O3S/c1-15-4-6-17(7-5-15)14-24-18-10-8-16(9-11-18)13-19(21(22)23)20-3-2-12-25-20/h2-13H,14H2,1H3,(H,22,23)/b19-13-. The fourth-order valence-corrected chi connectivity index (χ4v) is 3.08. The maximum absolute atomic E-state index is 11.5. The van der Waals surface area contributed by atoms with Crippen molar-refractivity contribution >= 4 is 29.0 Å². The van der Waals surface area contributed by atoms with Crippen molar-refractivity contribution < 1.29 is 14.6 Å². The smallest absolute Gasteiger partial charge is 0.337 e. The van der Waals surface area contributed by atoms with E-state index >= 15 is 0 Å². The van der Waals surface area contributed by atoms with E-state index in [1.54, 1.807) is 6.08 Å². The molecule has 1 N–H and O–H groups in total. The van der Waals surface area contributed by atoms with E-state index in [4.69, 9.17) is 4.74 Å². The molecule has 2 aromatic carbocycles. The van der Waals surface area contributed by atoms with Gasteiger partial charge in [0.05, 0.1) is 5.57 Å². The summed E-state index contributed by atoms with van der Waals surface area (Å²) in [6.07, 6.45) is 1.68. The topological polar surface area (TPSA) is 46.5 Å². The zero-order valence-corrected chi connectivity index (χ0v) is 14.6. The van der Waals surface area contributed by atoms with Crippen molar-refractivity contribution in [3.63, 3.8) is 0 Å². The van der Waals surface area contributed by atoms with Crippen LogP contribution in [0.5, 0.6) is 5.75 Å². The Hall–Kier alpha value is -2.85. The molecule has 0 saturated heterocycles. The zero-order valence-electron chi connectivity index (χ0n) is 13.8. The highest BCUT2D eigenvalue weighted by Gasteiger charge is 2.11. The average molecular weight is 350 g/mol. The van der Waals surface area contributed by atoms with Gasteiger partial charge < -0.3 is 9.84 Å². The van der Waals surface area contributed by atoms with Crippen molar-refractivity contribution in [2.75, 3.05) is 0 Å². The summed E-state index contributed by atoms with van der Waals surface area (Å²) in [6.45, 7) is 2.56. The number of benzene rings is 2. The van der Waals surface area contributed by atoms with E-state index in [0.717, 1.165) is 21.8 Å². The van der Waals surface area contributed by atoms with Crippen LogP contribution in [0.2, 0.25) is 0 Å². The van der Waals surface area contributed by atoms with E-state index in [0.29, 0.717) is 12.2 Å². The second-order valence-corrected chi connectivity index (χ2v) is 6.63. The summed E-state index contributed by atoms with van der Waals surface area (Å²) in [7, 11) is 0. The summed E-state index contributed by atoms with van der Waals surface area (Å²) in [5.41, 5.74) is 3.46. The van der Waals surface area contributed by atoms with Crippen LogP contribution in [-0.4, -0.2) is 11.1 Å². The van der Waals surface area contributed by atoms with Crippen LogP contribution in [0, 0.1) is 6.92 Å².